The van der Waals surface area contributed by atoms with Crippen molar-refractivity contribution < 1.29 is 4.74 Å². The standard InChI is InChI=1S/C14H20N6O.HI/c1-9(2)17-14(15)16-8-12-18-13(20-19-12)10-4-6-11(21-3)7-5-10;/h4-7,9H,8H2,1-3H3,(H3,15,16,17)(H,18,19,20);1H. The van der Waals surface area contributed by atoms with Crippen LogP contribution in [0.3, 0.4) is 0 Å². The quantitative estimate of drug-likeness (QED) is 0.393. The molecule has 1 aromatic carbocycles. The summed E-state index contributed by atoms with van der Waals surface area (Å²) >= 11 is 0. The fourth-order valence-electron chi connectivity index (χ4n) is 1.74. The maximum atomic E-state index is 5.74. The minimum absolute atomic E-state index is 0. The van der Waals surface area contributed by atoms with E-state index in [1.165, 1.54) is 0 Å². The van der Waals surface area contributed by atoms with Crippen molar-refractivity contribution in [3.63, 3.8) is 0 Å². The van der Waals surface area contributed by atoms with Gasteiger partial charge in [-0.1, -0.05) is 0 Å². The molecule has 0 amide bonds. The molecule has 0 aliphatic rings. The number of benzene rings is 1. The SMILES string of the molecule is COc1ccc(-c2n[nH]c(CN=C(N)NC(C)C)n2)cc1.I. The van der Waals surface area contributed by atoms with Crippen molar-refractivity contribution in [2.75, 3.05) is 7.11 Å². The zero-order chi connectivity index (χ0) is 15.2. The van der Waals surface area contributed by atoms with E-state index >= 15 is 0 Å². The molecule has 0 unspecified atom stereocenters. The topological polar surface area (TPSA) is 101 Å². The molecule has 0 saturated heterocycles. The molecule has 120 valence electrons. The van der Waals surface area contributed by atoms with E-state index < -0.39 is 0 Å². The highest BCUT2D eigenvalue weighted by molar-refractivity contribution is 14.0. The van der Waals surface area contributed by atoms with Crippen LogP contribution in [0.1, 0.15) is 19.7 Å². The maximum Gasteiger partial charge on any atom is 0.189 e. The number of guanidine groups is 1. The van der Waals surface area contributed by atoms with Crippen LogP contribution in [0, 0.1) is 0 Å². The molecule has 1 heterocycles. The lowest BCUT2D eigenvalue weighted by molar-refractivity contribution is 0.415. The fraction of sp³-hybridized carbons (Fsp3) is 0.357. The molecule has 2 aromatic rings. The Morgan fingerprint density at radius 2 is 2.05 bits per heavy atom. The van der Waals surface area contributed by atoms with Crippen LogP contribution < -0.4 is 15.8 Å². The number of aromatic amines is 1. The molecular weight excluding hydrogens is 395 g/mol. The van der Waals surface area contributed by atoms with Crippen molar-refractivity contribution in [2.45, 2.75) is 26.4 Å². The number of ether oxygens (including phenoxy) is 1. The summed E-state index contributed by atoms with van der Waals surface area (Å²) in [5.41, 5.74) is 6.65. The van der Waals surface area contributed by atoms with E-state index in [0.29, 0.717) is 24.2 Å². The smallest absolute Gasteiger partial charge is 0.189 e. The number of hydrogen-bond acceptors (Lipinski definition) is 4. The molecule has 0 aliphatic heterocycles. The van der Waals surface area contributed by atoms with Gasteiger partial charge in [-0.15, -0.1) is 24.0 Å². The van der Waals surface area contributed by atoms with Crippen molar-refractivity contribution >= 4 is 29.9 Å². The molecule has 0 atom stereocenters. The average molecular weight is 416 g/mol. The zero-order valence-corrected chi connectivity index (χ0v) is 15.2. The average Bonchev–Trinajstić information content (AvgIpc) is 2.93. The highest BCUT2D eigenvalue weighted by Gasteiger charge is 2.06. The second-order valence-corrected chi connectivity index (χ2v) is 4.83. The molecule has 1 aromatic heterocycles. The molecule has 0 spiro atoms. The van der Waals surface area contributed by atoms with Gasteiger partial charge in [0.1, 0.15) is 18.1 Å². The van der Waals surface area contributed by atoms with Crippen molar-refractivity contribution in [2.24, 2.45) is 10.7 Å². The first-order valence-corrected chi connectivity index (χ1v) is 6.70. The molecule has 0 fully saturated rings. The summed E-state index contributed by atoms with van der Waals surface area (Å²) in [4.78, 5) is 8.59. The third-order valence-corrected chi connectivity index (χ3v) is 2.72. The van der Waals surface area contributed by atoms with E-state index in [0.717, 1.165) is 11.3 Å². The second-order valence-electron chi connectivity index (χ2n) is 4.83. The summed E-state index contributed by atoms with van der Waals surface area (Å²) < 4.78 is 5.12. The molecule has 7 nitrogen and oxygen atoms in total. The molecule has 0 saturated carbocycles. The number of H-pyrrole nitrogens is 1. The predicted molar refractivity (Wildman–Crippen MR) is 97.4 cm³/mol. The monoisotopic (exact) mass is 416 g/mol. The Morgan fingerprint density at radius 1 is 1.36 bits per heavy atom. The fourth-order valence-corrected chi connectivity index (χ4v) is 1.74. The summed E-state index contributed by atoms with van der Waals surface area (Å²) in [6.07, 6.45) is 0. The van der Waals surface area contributed by atoms with Crippen LogP contribution in [-0.4, -0.2) is 34.3 Å². The van der Waals surface area contributed by atoms with E-state index in [1.807, 2.05) is 38.1 Å². The van der Waals surface area contributed by atoms with E-state index in [1.54, 1.807) is 7.11 Å². The second kappa shape index (κ2) is 8.57. The summed E-state index contributed by atoms with van der Waals surface area (Å²) in [6, 6.07) is 7.80. The number of hydrogen-bond donors (Lipinski definition) is 3. The number of aromatic nitrogens is 3. The van der Waals surface area contributed by atoms with Gasteiger partial charge in [0, 0.05) is 11.6 Å². The Labute approximate surface area is 146 Å². The number of aliphatic imine (C=N–C) groups is 1. The highest BCUT2D eigenvalue weighted by atomic mass is 127. The molecule has 0 aliphatic carbocycles. The number of nitrogens with zero attached hydrogens (tertiary/aromatic N) is 3. The third kappa shape index (κ3) is 5.17. The summed E-state index contributed by atoms with van der Waals surface area (Å²) in [5, 5.41) is 10.0. The first-order valence-electron chi connectivity index (χ1n) is 6.70. The molecule has 22 heavy (non-hydrogen) atoms. The summed E-state index contributed by atoms with van der Waals surface area (Å²) in [6.45, 7) is 4.35. The Balaban J connectivity index is 0.00000242. The normalized spacial score (nSPS) is 11.2. The number of methoxy groups -OCH3 is 1. The van der Waals surface area contributed by atoms with Gasteiger partial charge in [-0.25, -0.2) is 9.98 Å². The van der Waals surface area contributed by atoms with Crippen molar-refractivity contribution in [1.29, 1.82) is 0 Å². The van der Waals surface area contributed by atoms with Gasteiger partial charge in [0.15, 0.2) is 11.8 Å². The minimum Gasteiger partial charge on any atom is -0.497 e. The molecule has 2 rings (SSSR count). The van der Waals surface area contributed by atoms with Gasteiger partial charge in [0.05, 0.1) is 7.11 Å². The van der Waals surface area contributed by atoms with E-state index in [2.05, 4.69) is 25.5 Å². The van der Waals surface area contributed by atoms with Gasteiger partial charge in [-0.2, -0.15) is 5.10 Å². The number of nitrogens with one attached hydrogen (secondary N) is 2. The molecule has 0 radical (unpaired) electrons. The Hall–Kier alpha value is -1.84. The first kappa shape index (κ1) is 18.2. The molecular formula is C14H21IN6O. The maximum absolute atomic E-state index is 5.74. The molecule has 8 heteroatoms. The number of halogens is 1. The van der Waals surface area contributed by atoms with Crippen molar-refractivity contribution in [3.05, 3.63) is 30.1 Å². The van der Waals surface area contributed by atoms with E-state index in [-0.39, 0.29) is 30.0 Å². The summed E-state index contributed by atoms with van der Waals surface area (Å²) in [5.74, 6) is 2.48. The first-order chi connectivity index (χ1) is 10.1. The number of rotatable bonds is 5. The molecule has 4 N–H and O–H groups in total. The van der Waals surface area contributed by atoms with E-state index in [9.17, 15) is 0 Å². The van der Waals surface area contributed by atoms with Crippen LogP contribution in [0.25, 0.3) is 11.4 Å². The van der Waals surface area contributed by atoms with Gasteiger partial charge in [-0.3, -0.25) is 5.10 Å². The lowest BCUT2D eigenvalue weighted by Crippen LogP contribution is -2.36. The van der Waals surface area contributed by atoms with Crippen molar-refractivity contribution in [1.82, 2.24) is 20.5 Å². The Bertz CT molecular complexity index is 608. The predicted octanol–water partition coefficient (Wildman–Crippen LogP) is 1.91. The van der Waals surface area contributed by atoms with Crippen LogP contribution in [0.5, 0.6) is 5.75 Å². The van der Waals surface area contributed by atoms with Gasteiger partial charge in [0.2, 0.25) is 0 Å². The van der Waals surface area contributed by atoms with Gasteiger partial charge < -0.3 is 15.8 Å². The summed E-state index contributed by atoms with van der Waals surface area (Å²) in [7, 11) is 1.63. The van der Waals surface area contributed by atoms with Crippen molar-refractivity contribution in [3.8, 4) is 17.1 Å². The lowest BCUT2D eigenvalue weighted by Gasteiger charge is -2.07. The van der Waals surface area contributed by atoms with Crippen LogP contribution in [0.15, 0.2) is 29.3 Å². The zero-order valence-electron chi connectivity index (χ0n) is 12.8. The number of nitrogens with two attached hydrogens (primary N) is 1. The lowest BCUT2D eigenvalue weighted by atomic mass is 10.2. The molecule has 0 bridgehead atoms. The minimum atomic E-state index is 0. The van der Waals surface area contributed by atoms with Gasteiger partial charge in [-0.05, 0) is 38.1 Å². The van der Waals surface area contributed by atoms with Crippen LogP contribution in [-0.2, 0) is 6.54 Å². The van der Waals surface area contributed by atoms with Crippen LogP contribution >= 0.6 is 24.0 Å². The van der Waals surface area contributed by atoms with Crippen LogP contribution in [0.2, 0.25) is 0 Å². The highest BCUT2D eigenvalue weighted by Crippen LogP contribution is 2.18. The largest absolute Gasteiger partial charge is 0.497 e. The Morgan fingerprint density at radius 3 is 2.64 bits per heavy atom. The third-order valence-electron chi connectivity index (χ3n) is 2.72. The Kier molecular flexibility index (Phi) is 7.09. The van der Waals surface area contributed by atoms with E-state index in [4.69, 9.17) is 10.5 Å². The van der Waals surface area contributed by atoms with Gasteiger partial charge in [0.25, 0.3) is 0 Å². The van der Waals surface area contributed by atoms with Gasteiger partial charge >= 0.3 is 0 Å². The van der Waals surface area contributed by atoms with Crippen LogP contribution in [0.4, 0.5) is 0 Å².